The van der Waals surface area contributed by atoms with Crippen molar-refractivity contribution in [2.24, 2.45) is 17.6 Å². The number of hydrogen-bond donors (Lipinski definition) is 1. The number of aromatic nitrogens is 2. The number of ether oxygens (including phenoxy) is 1. The fraction of sp³-hybridized carbons (Fsp3) is 0.643. The highest BCUT2D eigenvalue weighted by Gasteiger charge is 2.39. The van der Waals surface area contributed by atoms with Gasteiger partial charge in [-0.15, -0.1) is 10.2 Å². The van der Waals surface area contributed by atoms with Crippen LogP contribution in [0.1, 0.15) is 29.8 Å². The number of esters is 1. The molecule has 6 heteroatoms. The van der Waals surface area contributed by atoms with Crippen LogP contribution in [0, 0.1) is 11.8 Å². The minimum Gasteiger partial charge on any atom is -0.464 e. The van der Waals surface area contributed by atoms with Gasteiger partial charge >= 0.3 is 5.97 Å². The number of carbonyl (C=O) groups excluding carboxylic acids is 1. The van der Waals surface area contributed by atoms with E-state index < -0.39 is 5.97 Å². The van der Waals surface area contributed by atoms with E-state index in [0.717, 1.165) is 25.3 Å². The maximum absolute atomic E-state index is 11.3. The fourth-order valence-corrected chi connectivity index (χ4v) is 3.41. The predicted octanol–water partition coefficient (Wildman–Crippen LogP) is 0.827. The quantitative estimate of drug-likeness (QED) is 0.806. The van der Waals surface area contributed by atoms with Gasteiger partial charge in [-0.2, -0.15) is 0 Å². The third-order valence-electron chi connectivity index (χ3n) is 4.52. The lowest BCUT2D eigenvalue weighted by Gasteiger charge is -2.29. The Morgan fingerprint density at radius 3 is 2.85 bits per heavy atom. The highest BCUT2D eigenvalue weighted by molar-refractivity contribution is 5.86. The van der Waals surface area contributed by atoms with E-state index in [9.17, 15) is 4.79 Å². The van der Waals surface area contributed by atoms with Crippen molar-refractivity contribution in [1.29, 1.82) is 0 Å². The third-order valence-corrected chi connectivity index (χ3v) is 4.52. The molecule has 2 aliphatic rings. The minimum atomic E-state index is -0.457. The number of rotatable bonds is 2. The molecule has 0 bridgehead atoms. The molecule has 1 aliphatic heterocycles. The van der Waals surface area contributed by atoms with Gasteiger partial charge in [0.25, 0.3) is 0 Å². The molecule has 1 saturated carbocycles. The molecule has 0 aromatic carbocycles. The van der Waals surface area contributed by atoms with Crippen molar-refractivity contribution in [2.75, 3.05) is 25.1 Å². The zero-order chi connectivity index (χ0) is 14.1. The van der Waals surface area contributed by atoms with Crippen LogP contribution in [-0.2, 0) is 4.74 Å². The first-order valence-corrected chi connectivity index (χ1v) is 7.11. The van der Waals surface area contributed by atoms with Crippen LogP contribution in [0.3, 0.4) is 0 Å². The largest absolute Gasteiger partial charge is 0.464 e. The van der Waals surface area contributed by atoms with Crippen molar-refractivity contribution in [1.82, 2.24) is 10.2 Å². The van der Waals surface area contributed by atoms with Crippen LogP contribution in [-0.4, -0.2) is 42.4 Å². The molecular weight excluding hydrogens is 256 g/mol. The van der Waals surface area contributed by atoms with E-state index in [2.05, 4.69) is 19.8 Å². The second kappa shape index (κ2) is 5.36. The standard InChI is InChI=1S/C14H20N4O2/c1-20-14(19)12-5-6-13(17-16-12)18-7-9-3-2-4-11(15)10(9)8-18/h5-6,9-11H,2-4,7-8,15H2,1H3. The molecule has 3 atom stereocenters. The average Bonchev–Trinajstić information content (AvgIpc) is 2.92. The molecule has 0 spiro atoms. The number of nitrogens with zero attached hydrogens (tertiary/aromatic N) is 3. The molecule has 1 aliphatic carbocycles. The molecule has 0 radical (unpaired) electrons. The van der Waals surface area contributed by atoms with Crippen LogP contribution in [0.4, 0.5) is 5.82 Å². The Hall–Kier alpha value is -1.69. The van der Waals surface area contributed by atoms with Crippen LogP contribution in [0.5, 0.6) is 0 Å². The van der Waals surface area contributed by atoms with Gasteiger partial charge < -0.3 is 15.4 Å². The second-order valence-electron chi connectivity index (χ2n) is 5.69. The number of methoxy groups -OCH3 is 1. The SMILES string of the molecule is COC(=O)c1ccc(N2CC3CCCC(N)C3C2)nn1. The van der Waals surface area contributed by atoms with Crippen LogP contribution in [0.25, 0.3) is 0 Å². The number of fused-ring (bicyclic) bond motifs is 1. The Balaban J connectivity index is 1.72. The van der Waals surface area contributed by atoms with Gasteiger partial charge in [0.15, 0.2) is 11.5 Å². The molecule has 0 amide bonds. The van der Waals surface area contributed by atoms with Gasteiger partial charge in [-0.25, -0.2) is 4.79 Å². The average molecular weight is 276 g/mol. The number of carbonyl (C=O) groups is 1. The maximum Gasteiger partial charge on any atom is 0.358 e. The number of hydrogen-bond acceptors (Lipinski definition) is 6. The van der Waals surface area contributed by atoms with Gasteiger partial charge in [-0.1, -0.05) is 6.42 Å². The van der Waals surface area contributed by atoms with E-state index >= 15 is 0 Å². The highest BCUT2D eigenvalue weighted by atomic mass is 16.5. The lowest BCUT2D eigenvalue weighted by atomic mass is 9.78. The predicted molar refractivity (Wildman–Crippen MR) is 74.4 cm³/mol. The van der Waals surface area contributed by atoms with Crippen molar-refractivity contribution in [3.8, 4) is 0 Å². The van der Waals surface area contributed by atoms with Crippen LogP contribution < -0.4 is 10.6 Å². The van der Waals surface area contributed by atoms with Crippen molar-refractivity contribution in [3.05, 3.63) is 17.8 Å². The van der Waals surface area contributed by atoms with E-state index in [1.54, 1.807) is 6.07 Å². The normalized spacial score (nSPS) is 29.1. The molecule has 20 heavy (non-hydrogen) atoms. The molecule has 108 valence electrons. The Labute approximate surface area is 118 Å². The molecule has 1 aromatic heterocycles. The van der Waals surface area contributed by atoms with Crippen LogP contribution >= 0.6 is 0 Å². The smallest absolute Gasteiger partial charge is 0.358 e. The molecule has 1 aromatic rings. The summed E-state index contributed by atoms with van der Waals surface area (Å²) in [4.78, 5) is 13.6. The molecular formula is C14H20N4O2. The number of nitrogens with two attached hydrogens (primary N) is 1. The Morgan fingerprint density at radius 1 is 1.35 bits per heavy atom. The van der Waals surface area contributed by atoms with E-state index in [1.165, 1.54) is 20.0 Å². The van der Waals surface area contributed by atoms with Gasteiger partial charge in [0.05, 0.1) is 7.11 Å². The summed E-state index contributed by atoms with van der Waals surface area (Å²) >= 11 is 0. The van der Waals surface area contributed by atoms with Gasteiger partial charge in [0.2, 0.25) is 0 Å². The molecule has 3 rings (SSSR count). The summed E-state index contributed by atoms with van der Waals surface area (Å²) in [7, 11) is 1.34. The van der Waals surface area contributed by atoms with E-state index in [0.29, 0.717) is 17.9 Å². The van der Waals surface area contributed by atoms with Gasteiger partial charge in [-0.3, -0.25) is 0 Å². The van der Waals surface area contributed by atoms with E-state index in [4.69, 9.17) is 5.73 Å². The van der Waals surface area contributed by atoms with E-state index in [1.807, 2.05) is 6.07 Å². The lowest BCUT2D eigenvalue weighted by molar-refractivity contribution is 0.0592. The molecule has 1 saturated heterocycles. The molecule has 2 heterocycles. The summed E-state index contributed by atoms with van der Waals surface area (Å²) in [5.74, 6) is 1.59. The first kappa shape index (κ1) is 13.3. The fourth-order valence-electron chi connectivity index (χ4n) is 3.41. The molecule has 2 fully saturated rings. The van der Waals surface area contributed by atoms with Crippen molar-refractivity contribution < 1.29 is 9.53 Å². The molecule has 6 nitrogen and oxygen atoms in total. The monoisotopic (exact) mass is 276 g/mol. The highest BCUT2D eigenvalue weighted by Crippen LogP contribution is 2.36. The first-order valence-electron chi connectivity index (χ1n) is 7.11. The summed E-state index contributed by atoms with van der Waals surface area (Å²) in [5.41, 5.74) is 6.46. The van der Waals surface area contributed by atoms with Crippen molar-refractivity contribution in [2.45, 2.75) is 25.3 Å². The van der Waals surface area contributed by atoms with Gasteiger partial charge in [-0.05, 0) is 36.8 Å². The molecule has 2 N–H and O–H groups in total. The summed E-state index contributed by atoms with van der Waals surface area (Å²) in [6.07, 6.45) is 3.60. The summed E-state index contributed by atoms with van der Waals surface area (Å²) < 4.78 is 4.62. The third kappa shape index (κ3) is 2.35. The van der Waals surface area contributed by atoms with Crippen molar-refractivity contribution >= 4 is 11.8 Å². The van der Waals surface area contributed by atoms with Crippen molar-refractivity contribution in [3.63, 3.8) is 0 Å². The molecule has 3 unspecified atom stereocenters. The zero-order valence-electron chi connectivity index (χ0n) is 11.7. The first-order chi connectivity index (χ1) is 9.69. The Kier molecular flexibility index (Phi) is 3.56. The summed E-state index contributed by atoms with van der Waals surface area (Å²) in [6.45, 7) is 1.93. The Bertz CT molecular complexity index is 490. The second-order valence-corrected chi connectivity index (χ2v) is 5.69. The van der Waals surface area contributed by atoms with Gasteiger partial charge in [0, 0.05) is 19.1 Å². The zero-order valence-corrected chi connectivity index (χ0v) is 11.7. The maximum atomic E-state index is 11.3. The lowest BCUT2D eigenvalue weighted by Crippen LogP contribution is -2.38. The number of anilines is 1. The Morgan fingerprint density at radius 2 is 2.20 bits per heavy atom. The van der Waals surface area contributed by atoms with E-state index in [-0.39, 0.29) is 5.69 Å². The summed E-state index contributed by atoms with van der Waals surface area (Å²) in [6, 6.07) is 3.80. The van der Waals surface area contributed by atoms with Crippen LogP contribution in [0.15, 0.2) is 12.1 Å². The van der Waals surface area contributed by atoms with Gasteiger partial charge in [0.1, 0.15) is 0 Å². The topological polar surface area (TPSA) is 81.3 Å². The van der Waals surface area contributed by atoms with Crippen LogP contribution in [0.2, 0.25) is 0 Å². The summed E-state index contributed by atoms with van der Waals surface area (Å²) in [5, 5.41) is 8.08. The minimum absolute atomic E-state index is 0.240.